The molecular formula is C16H14FN5OS. The van der Waals surface area contributed by atoms with Crippen LogP contribution in [0.4, 0.5) is 9.52 Å². The first-order valence-electron chi connectivity index (χ1n) is 7.13. The number of nitrogens with one attached hydrogen (secondary N) is 1. The molecule has 3 aromatic rings. The smallest absolute Gasteiger partial charge is 0.250 e. The normalized spacial score (nSPS) is 11.1. The molecule has 0 bridgehead atoms. The fourth-order valence-electron chi connectivity index (χ4n) is 2.03. The lowest BCUT2D eigenvalue weighted by Crippen LogP contribution is -2.07. The lowest BCUT2D eigenvalue weighted by molar-refractivity contribution is -0.111. The van der Waals surface area contributed by atoms with E-state index in [9.17, 15) is 9.18 Å². The predicted molar refractivity (Wildman–Crippen MR) is 90.0 cm³/mol. The molecule has 0 aliphatic carbocycles. The van der Waals surface area contributed by atoms with Crippen LogP contribution in [0.5, 0.6) is 0 Å². The Hall–Kier alpha value is -2.87. The van der Waals surface area contributed by atoms with Crippen LogP contribution in [0.2, 0.25) is 0 Å². The van der Waals surface area contributed by atoms with E-state index in [1.807, 2.05) is 0 Å². The number of aromatic nitrogens is 4. The van der Waals surface area contributed by atoms with Crippen molar-refractivity contribution in [1.29, 1.82) is 0 Å². The third-order valence-electron chi connectivity index (χ3n) is 3.15. The molecule has 0 saturated heterocycles. The second kappa shape index (κ2) is 7.14. The number of aryl methyl sites for hydroxylation is 1. The van der Waals surface area contributed by atoms with E-state index in [1.54, 1.807) is 48.4 Å². The molecule has 0 aliphatic rings. The highest BCUT2D eigenvalue weighted by Crippen LogP contribution is 2.20. The van der Waals surface area contributed by atoms with Crippen LogP contribution in [0, 0.1) is 5.82 Å². The van der Waals surface area contributed by atoms with E-state index in [0.29, 0.717) is 22.1 Å². The summed E-state index contributed by atoms with van der Waals surface area (Å²) < 4.78 is 15.3. The Kier molecular flexibility index (Phi) is 4.76. The zero-order valence-electron chi connectivity index (χ0n) is 12.8. The summed E-state index contributed by atoms with van der Waals surface area (Å²) in [5.41, 5.74) is 1.37. The number of carbonyl (C=O) groups excluding carboxylic acids is 1. The van der Waals surface area contributed by atoms with Crippen LogP contribution < -0.4 is 5.32 Å². The van der Waals surface area contributed by atoms with Gasteiger partial charge in [-0.15, -0.1) is 10.2 Å². The second-order valence-electron chi connectivity index (χ2n) is 5.04. The number of hydrogen-bond acceptors (Lipinski definition) is 5. The van der Waals surface area contributed by atoms with E-state index in [-0.39, 0.29) is 11.7 Å². The number of hydrogen-bond donors (Lipinski definition) is 1. The molecule has 0 unspecified atom stereocenters. The van der Waals surface area contributed by atoms with Crippen LogP contribution in [0.1, 0.15) is 16.1 Å². The fraction of sp³-hybridized carbons (Fsp3) is 0.125. The van der Waals surface area contributed by atoms with Gasteiger partial charge in [0, 0.05) is 31.3 Å². The summed E-state index contributed by atoms with van der Waals surface area (Å²) >= 11 is 1.22. The van der Waals surface area contributed by atoms with Crippen molar-refractivity contribution in [2.75, 3.05) is 5.32 Å². The summed E-state index contributed by atoms with van der Waals surface area (Å²) in [6.07, 6.45) is 6.84. The Bertz CT molecular complexity index is 886. The summed E-state index contributed by atoms with van der Waals surface area (Å²) in [6.45, 7) is 0. The van der Waals surface area contributed by atoms with Gasteiger partial charge in [-0.25, -0.2) is 4.39 Å². The summed E-state index contributed by atoms with van der Waals surface area (Å²) in [7, 11) is 1.80. The quantitative estimate of drug-likeness (QED) is 0.723. The Labute approximate surface area is 141 Å². The first-order valence-corrected chi connectivity index (χ1v) is 7.95. The monoisotopic (exact) mass is 343 g/mol. The first kappa shape index (κ1) is 16.0. The van der Waals surface area contributed by atoms with Gasteiger partial charge in [0.15, 0.2) is 0 Å². The van der Waals surface area contributed by atoms with E-state index in [0.717, 1.165) is 5.56 Å². The molecule has 24 heavy (non-hydrogen) atoms. The third-order valence-corrected chi connectivity index (χ3v) is 3.99. The van der Waals surface area contributed by atoms with Crippen LogP contribution in [-0.4, -0.2) is 25.9 Å². The van der Waals surface area contributed by atoms with E-state index in [1.165, 1.54) is 23.5 Å². The molecule has 1 N–H and O–H groups in total. The predicted octanol–water partition coefficient (Wildman–Crippen LogP) is 2.65. The van der Waals surface area contributed by atoms with Crippen LogP contribution in [-0.2, 0) is 18.3 Å². The van der Waals surface area contributed by atoms with Crippen molar-refractivity contribution in [2.24, 2.45) is 7.05 Å². The van der Waals surface area contributed by atoms with Gasteiger partial charge in [-0.3, -0.25) is 14.8 Å². The number of carbonyl (C=O) groups is 1. The van der Waals surface area contributed by atoms with Gasteiger partial charge >= 0.3 is 0 Å². The van der Waals surface area contributed by atoms with E-state index in [4.69, 9.17) is 0 Å². The molecule has 8 heteroatoms. The zero-order chi connectivity index (χ0) is 16.9. The Morgan fingerprint density at radius 2 is 2.21 bits per heavy atom. The Balaban J connectivity index is 1.60. The third kappa shape index (κ3) is 4.11. The Morgan fingerprint density at radius 1 is 1.38 bits per heavy atom. The van der Waals surface area contributed by atoms with Crippen molar-refractivity contribution >= 4 is 28.5 Å². The fourth-order valence-corrected chi connectivity index (χ4v) is 2.79. The average molecular weight is 343 g/mol. The largest absolute Gasteiger partial charge is 0.297 e. The van der Waals surface area contributed by atoms with Gasteiger partial charge in [0.25, 0.3) is 0 Å². The van der Waals surface area contributed by atoms with E-state index in [2.05, 4.69) is 20.6 Å². The number of halogens is 1. The van der Waals surface area contributed by atoms with Gasteiger partial charge in [-0.05, 0) is 17.7 Å². The molecule has 0 fully saturated rings. The number of nitrogens with zero attached hydrogens (tertiary/aromatic N) is 4. The summed E-state index contributed by atoms with van der Waals surface area (Å²) in [5.74, 6) is -0.592. The molecule has 1 aromatic carbocycles. The molecule has 0 atom stereocenters. The SMILES string of the molecule is Cn1cc(/C=C\C(=O)Nc2nnc(Cc3ccccc3F)s2)cn1. The van der Waals surface area contributed by atoms with Crippen LogP contribution in [0.25, 0.3) is 6.08 Å². The molecule has 0 radical (unpaired) electrons. The van der Waals surface area contributed by atoms with Gasteiger partial charge < -0.3 is 0 Å². The maximum absolute atomic E-state index is 13.6. The minimum atomic E-state index is -0.313. The Morgan fingerprint density at radius 3 is 2.96 bits per heavy atom. The van der Waals surface area contributed by atoms with Crippen molar-refractivity contribution in [1.82, 2.24) is 20.0 Å². The number of rotatable bonds is 5. The van der Waals surface area contributed by atoms with Crippen molar-refractivity contribution in [3.8, 4) is 0 Å². The van der Waals surface area contributed by atoms with Crippen LogP contribution in [0.15, 0.2) is 42.7 Å². The highest BCUT2D eigenvalue weighted by atomic mass is 32.1. The second-order valence-corrected chi connectivity index (χ2v) is 6.10. The molecule has 2 heterocycles. The molecule has 2 aromatic heterocycles. The number of benzene rings is 1. The molecule has 122 valence electrons. The van der Waals surface area contributed by atoms with Crippen LogP contribution in [0.3, 0.4) is 0 Å². The standard InChI is InChI=1S/C16H14FN5OS/c1-22-10-11(9-18-22)6-7-14(23)19-16-21-20-15(24-16)8-12-4-2-3-5-13(12)17/h2-7,9-10H,8H2,1H3,(H,19,21,23)/b7-6-. The van der Waals surface area contributed by atoms with Gasteiger partial charge in [-0.2, -0.15) is 5.10 Å². The maximum atomic E-state index is 13.6. The topological polar surface area (TPSA) is 72.7 Å². The van der Waals surface area contributed by atoms with Crippen LogP contribution >= 0.6 is 11.3 Å². The summed E-state index contributed by atoms with van der Waals surface area (Å²) in [4.78, 5) is 11.9. The zero-order valence-corrected chi connectivity index (χ0v) is 13.6. The van der Waals surface area contributed by atoms with Crippen molar-refractivity contribution in [3.05, 3.63) is 64.7 Å². The molecule has 1 amide bonds. The number of anilines is 1. The first-order chi connectivity index (χ1) is 11.6. The van der Waals surface area contributed by atoms with Gasteiger partial charge in [-0.1, -0.05) is 29.5 Å². The molecule has 0 saturated carbocycles. The van der Waals surface area contributed by atoms with E-state index < -0.39 is 0 Å². The molecule has 0 aliphatic heterocycles. The van der Waals surface area contributed by atoms with Crippen molar-refractivity contribution in [2.45, 2.75) is 6.42 Å². The average Bonchev–Trinajstić information content (AvgIpc) is 3.17. The minimum Gasteiger partial charge on any atom is -0.297 e. The molecule has 0 spiro atoms. The molecule has 6 nitrogen and oxygen atoms in total. The molecule has 3 rings (SSSR count). The maximum Gasteiger partial charge on any atom is 0.250 e. The van der Waals surface area contributed by atoms with Gasteiger partial charge in [0.2, 0.25) is 11.0 Å². The highest BCUT2D eigenvalue weighted by molar-refractivity contribution is 7.15. The van der Waals surface area contributed by atoms with Crippen molar-refractivity contribution in [3.63, 3.8) is 0 Å². The summed E-state index contributed by atoms with van der Waals surface area (Å²) in [6, 6.07) is 6.51. The van der Waals surface area contributed by atoms with Gasteiger partial charge in [0.05, 0.1) is 6.20 Å². The highest BCUT2D eigenvalue weighted by Gasteiger charge is 2.09. The van der Waals surface area contributed by atoms with Gasteiger partial charge in [0.1, 0.15) is 10.8 Å². The summed E-state index contributed by atoms with van der Waals surface area (Å²) in [5, 5.41) is 15.5. The van der Waals surface area contributed by atoms with E-state index >= 15 is 0 Å². The minimum absolute atomic E-state index is 0.280. The number of amides is 1. The lowest BCUT2D eigenvalue weighted by Gasteiger charge is -1.98. The van der Waals surface area contributed by atoms with Crippen molar-refractivity contribution < 1.29 is 9.18 Å². The molecular weight excluding hydrogens is 329 g/mol. The lowest BCUT2D eigenvalue weighted by atomic mass is 10.1.